The van der Waals surface area contributed by atoms with Crippen LogP contribution in [0.1, 0.15) is 25.0 Å². The summed E-state index contributed by atoms with van der Waals surface area (Å²) in [5.74, 6) is 0.784. The van der Waals surface area contributed by atoms with Gasteiger partial charge in [0.15, 0.2) is 0 Å². The smallest absolute Gasteiger partial charge is 0.139 e. The molecule has 0 unspecified atom stereocenters. The summed E-state index contributed by atoms with van der Waals surface area (Å²) in [5.41, 5.74) is 10.8. The lowest BCUT2D eigenvalue weighted by Crippen LogP contribution is -2.41. The van der Waals surface area contributed by atoms with E-state index < -0.39 is 0 Å². The number of anilines is 1. The van der Waals surface area contributed by atoms with Crippen molar-refractivity contribution in [3.63, 3.8) is 0 Å². The third kappa shape index (κ3) is 7.69. The first kappa shape index (κ1) is 24.9. The summed E-state index contributed by atoms with van der Waals surface area (Å²) in [5, 5.41) is 0. The number of morpholine rings is 1. The van der Waals surface area contributed by atoms with Crippen LogP contribution < -0.4 is 5.73 Å². The standard InChI is InChI=1S/C24H34N4O2S/c1-5-18(2)17-30-13-7-10-22(26-4)23(31)24(28-11-14-29-15-12-28)27-16-20-8-6-9-21(25)19(20)3/h5-10,31H,4,11-17,25H2,1-3H3/b10-7+,18-5+,23-22+,27-24?. The van der Waals surface area contributed by atoms with Crippen molar-refractivity contribution in [1.82, 2.24) is 4.90 Å². The van der Waals surface area contributed by atoms with Gasteiger partial charge in [0.2, 0.25) is 0 Å². The molecule has 0 atom stereocenters. The monoisotopic (exact) mass is 442 g/mol. The quantitative estimate of drug-likeness (QED) is 0.114. The van der Waals surface area contributed by atoms with E-state index >= 15 is 0 Å². The summed E-state index contributed by atoms with van der Waals surface area (Å²) in [6.45, 7) is 14.2. The second kappa shape index (κ2) is 13.1. The molecule has 1 aliphatic heterocycles. The maximum atomic E-state index is 6.06. The van der Waals surface area contributed by atoms with E-state index in [0.717, 1.165) is 35.7 Å². The normalized spacial score (nSPS) is 16.6. The Morgan fingerprint density at radius 3 is 2.77 bits per heavy atom. The van der Waals surface area contributed by atoms with Crippen LogP contribution in [0.25, 0.3) is 0 Å². The number of rotatable bonds is 9. The Kier molecular flexibility index (Phi) is 10.6. The molecular formula is C24H34N4O2S. The van der Waals surface area contributed by atoms with Crippen LogP contribution in [-0.4, -0.2) is 57.0 Å². The number of hydrogen-bond acceptors (Lipinski definition) is 6. The van der Waals surface area contributed by atoms with E-state index in [0.29, 0.717) is 43.6 Å². The number of nitrogens with two attached hydrogens (primary N) is 1. The molecule has 0 aromatic heterocycles. The van der Waals surface area contributed by atoms with Crippen molar-refractivity contribution in [2.24, 2.45) is 9.98 Å². The lowest BCUT2D eigenvalue weighted by atomic mass is 10.1. The highest BCUT2D eigenvalue weighted by Crippen LogP contribution is 2.21. The molecule has 1 fully saturated rings. The molecule has 2 rings (SSSR count). The van der Waals surface area contributed by atoms with Gasteiger partial charge in [0.05, 0.1) is 43.6 Å². The van der Waals surface area contributed by atoms with Crippen LogP contribution in [0.5, 0.6) is 0 Å². The van der Waals surface area contributed by atoms with Gasteiger partial charge in [-0.3, -0.25) is 9.98 Å². The van der Waals surface area contributed by atoms with Gasteiger partial charge >= 0.3 is 0 Å². The molecule has 0 spiro atoms. The zero-order valence-electron chi connectivity index (χ0n) is 18.8. The summed E-state index contributed by atoms with van der Waals surface area (Å²) in [4.78, 5) is 11.9. The van der Waals surface area contributed by atoms with E-state index in [2.05, 4.69) is 16.6 Å². The fraction of sp³-hybridized carbons (Fsp3) is 0.417. The van der Waals surface area contributed by atoms with Gasteiger partial charge in [-0.2, -0.15) is 0 Å². The first-order valence-electron chi connectivity index (χ1n) is 10.5. The number of thiol groups is 1. The minimum Gasteiger partial charge on any atom is -0.399 e. The molecule has 1 heterocycles. The van der Waals surface area contributed by atoms with Gasteiger partial charge in [-0.25, -0.2) is 0 Å². The molecule has 1 saturated heterocycles. The van der Waals surface area contributed by atoms with E-state index in [9.17, 15) is 0 Å². The summed E-state index contributed by atoms with van der Waals surface area (Å²) in [7, 11) is 0. The van der Waals surface area contributed by atoms with Gasteiger partial charge in [0.25, 0.3) is 0 Å². The highest BCUT2D eigenvalue weighted by molar-refractivity contribution is 7.85. The van der Waals surface area contributed by atoms with Gasteiger partial charge in [0.1, 0.15) is 5.84 Å². The molecule has 0 amide bonds. The molecule has 1 aromatic rings. The second-order valence-electron chi connectivity index (χ2n) is 7.32. The van der Waals surface area contributed by atoms with E-state index in [1.165, 1.54) is 5.57 Å². The lowest BCUT2D eigenvalue weighted by molar-refractivity contribution is 0.0682. The first-order chi connectivity index (χ1) is 15.0. The molecule has 1 aliphatic rings. The largest absolute Gasteiger partial charge is 0.399 e. The Morgan fingerprint density at radius 1 is 1.35 bits per heavy atom. The summed E-state index contributed by atoms with van der Waals surface area (Å²) >= 11 is 4.78. The average molecular weight is 443 g/mol. The van der Waals surface area contributed by atoms with Crippen LogP contribution in [0, 0.1) is 6.92 Å². The minimum absolute atomic E-state index is 0.484. The van der Waals surface area contributed by atoms with Crippen molar-refractivity contribution in [3.8, 4) is 0 Å². The molecule has 168 valence electrons. The fourth-order valence-electron chi connectivity index (χ4n) is 2.99. The second-order valence-corrected chi connectivity index (χ2v) is 7.76. The van der Waals surface area contributed by atoms with E-state index in [4.69, 9.17) is 32.8 Å². The third-order valence-corrected chi connectivity index (χ3v) is 5.56. The number of nitrogens with zero attached hydrogens (tertiary/aromatic N) is 3. The zero-order chi connectivity index (χ0) is 22.6. The molecule has 1 aromatic carbocycles. The van der Waals surface area contributed by atoms with Gasteiger partial charge in [-0.1, -0.05) is 29.9 Å². The number of ether oxygens (including phenoxy) is 2. The molecule has 0 aliphatic carbocycles. The van der Waals surface area contributed by atoms with Crippen LogP contribution in [0.4, 0.5) is 5.69 Å². The number of benzene rings is 1. The zero-order valence-corrected chi connectivity index (χ0v) is 19.7. The first-order valence-corrected chi connectivity index (χ1v) is 10.9. The maximum absolute atomic E-state index is 6.06. The van der Waals surface area contributed by atoms with Crippen LogP contribution in [-0.2, 0) is 16.0 Å². The highest BCUT2D eigenvalue weighted by atomic mass is 32.1. The Bertz CT molecular complexity index is 868. The Morgan fingerprint density at radius 2 is 2.10 bits per heavy atom. The number of hydrogen-bond donors (Lipinski definition) is 2. The predicted molar refractivity (Wildman–Crippen MR) is 134 cm³/mol. The van der Waals surface area contributed by atoms with E-state index in [-0.39, 0.29) is 0 Å². The van der Waals surface area contributed by atoms with Crippen molar-refractivity contribution in [3.05, 3.63) is 63.7 Å². The number of aliphatic imine (C=N–C) groups is 2. The molecule has 0 bridgehead atoms. The topological polar surface area (TPSA) is 72.4 Å². The van der Waals surface area contributed by atoms with Crippen molar-refractivity contribution in [1.29, 1.82) is 0 Å². The van der Waals surface area contributed by atoms with Gasteiger partial charge < -0.3 is 20.1 Å². The lowest BCUT2D eigenvalue weighted by Gasteiger charge is -2.30. The summed E-state index contributed by atoms with van der Waals surface area (Å²) in [6, 6.07) is 5.90. The molecule has 7 heteroatoms. The Hall–Kier alpha value is -2.35. The van der Waals surface area contributed by atoms with Crippen LogP contribution in [0.3, 0.4) is 0 Å². The van der Waals surface area contributed by atoms with E-state index in [1.54, 1.807) is 0 Å². The number of nitrogen functional groups attached to an aromatic ring is 1. The van der Waals surface area contributed by atoms with Crippen molar-refractivity contribution < 1.29 is 9.47 Å². The minimum atomic E-state index is 0.484. The van der Waals surface area contributed by atoms with E-state index in [1.807, 2.05) is 57.2 Å². The van der Waals surface area contributed by atoms with Gasteiger partial charge in [-0.05, 0) is 50.8 Å². The van der Waals surface area contributed by atoms with Crippen molar-refractivity contribution in [2.45, 2.75) is 27.3 Å². The molecule has 6 nitrogen and oxygen atoms in total. The van der Waals surface area contributed by atoms with Crippen LogP contribution >= 0.6 is 12.6 Å². The Balaban J connectivity index is 2.25. The maximum Gasteiger partial charge on any atom is 0.139 e. The van der Waals surface area contributed by atoms with Gasteiger partial charge in [-0.15, -0.1) is 12.6 Å². The van der Waals surface area contributed by atoms with Gasteiger partial charge in [0, 0.05) is 18.8 Å². The third-order valence-electron chi connectivity index (χ3n) is 5.13. The fourth-order valence-corrected chi connectivity index (χ4v) is 3.34. The van der Waals surface area contributed by atoms with Crippen molar-refractivity contribution >= 4 is 30.9 Å². The molecule has 2 N–H and O–H groups in total. The number of allylic oxidation sites excluding steroid dienone is 2. The molecule has 31 heavy (non-hydrogen) atoms. The summed E-state index contributed by atoms with van der Waals surface area (Å²) in [6.07, 6.45) is 5.84. The number of amidine groups is 1. The average Bonchev–Trinajstić information content (AvgIpc) is 2.79. The highest BCUT2D eigenvalue weighted by Gasteiger charge is 2.19. The van der Waals surface area contributed by atoms with Crippen molar-refractivity contribution in [2.75, 3.05) is 45.3 Å². The molecule has 0 radical (unpaired) electrons. The Labute approximate surface area is 191 Å². The SMILES string of the molecule is C=NC(/C=C/COC/C(C)=C/C)=C(/S)C(=NCc1cccc(N)c1C)N1CCOCC1. The molecule has 0 saturated carbocycles. The van der Waals surface area contributed by atoms with Crippen LogP contribution in [0.2, 0.25) is 0 Å². The predicted octanol–water partition coefficient (Wildman–Crippen LogP) is 4.19. The van der Waals surface area contributed by atoms with Crippen LogP contribution in [0.15, 0.2) is 62.6 Å². The summed E-state index contributed by atoms with van der Waals surface area (Å²) < 4.78 is 11.1. The molecular weight excluding hydrogens is 408 g/mol.